The summed E-state index contributed by atoms with van der Waals surface area (Å²) in [5.74, 6) is 1.07. The lowest BCUT2D eigenvalue weighted by atomic mass is 9.95. The summed E-state index contributed by atoms with van der Waals surface area (Å²) in [6.45, 7) is 5.90. The number of rotatable bonds is 9. The number of carbonyl (C=O) groups is 1. The molecule has 1 saturated carbocycles. The van der Waals surface area contributed by atoms with Crippen LogP contribution in [0.3, 0.4) is 0 Å². The zero-order valence-corrected chi connectivity index (χ0v) is 24.1. The molecule has 1 aliphatic carbocycles. The van der Waals surface area contributed by atoms with Crippen LogP contribution in [-0.2, 0) is 33.4 Å². The van der Waals surface area contributed by atoms with Crippen LogP contribution >= 0.6 is 12.6 Å². The summed E-state index contributed by atoms with van der Waals surface area (Å²) in [5, 5.41) is 3.70. The largest absolute Gasteiger partial charge is 0.416 e. The number of nitrogens with one attached hydrogen (secondary N) is 1. The Balaban J connectivity index is 0.000000873. The second kappa shape index (κ2) is 18.1. The Labute approximate surface area is 227 Å². The standard InChI is InChI=1S/C23H33F3N2O2.C3H8S.C2H6O/c1-3-20(5-4-12-30-2)27-21-9-7-17(14-21)22(29)28-11-10-16-6-8-19(23(24,25)26)13-18(16)15-28;1-2-3-4;1-3-2/h6,8,13,17,20-21,27H,3-5,7,9-12,14-15H2,1-2H3;4H,2-3H2,1H3;1-2H3/t17-,20?,21?;;/m0../s1. The second-order valence-corrected chi connectivity index (χ2v) is 10.2. The number of ether oxygens (including phenoxy) is 2. The minimum atomic E-state index is -4.36. The maximum atomic E-state index is 13.1. The molecule has 1 aromatic carbocycles. The molecule has 0 saturated heterocycles. The lowest BCUT2D eigenvalue weighted by Gasteiger charge is -2.31. The number of benzene rings is 1. The molecule has 1 heterocycles. The molecule has 1 amide bonds. The third kappa shape index (κ3) is 12.0. The van der Waals surface area contributed by atoms with Gasteiger partial charge in [-0.3, -0.25) is 4.79 Å². The number of methoxy groups -OCH3 is 2. The Morgan fingerprint density at radius 3 is 2.43 bits per heavy atom. The highest BCUT2D eigenvalue weighted by atomic mass is 32.1. The predicted octanol–water partition coefficient (Wildman–Crippen LogP) is 6.14. The van der Waals surface area contributed by atoms with E-state index in [9.17, 15) is 18.0 Å². The first kappa shape index (κ1) is 33.7. The normalized spacial score (nSPS) is 19.8. The molecule has 0 aromatic heterocycles. The van der Waals surface area contributed by atoms with Crippen LogP contribution in [0, 0.1) is 5.92 Å². The van der Waals surface area contributed by atoms with E-state index >= 15 is 0 Å². The quantitative estimate of drug-likeness (QED) is 0.287. The van der Waals surface area contributed by atoms with Gasteiger partial charge in [0.15, 0.2) is 0 Å². The first-order valence-corrected chi connectivity index (χ1v) is 14.0. The van der Waals surface area contributed by atoms with Gasteiger partial charge in [0.05, 0.1) is 5.56 Å². The summed E-state index contributed by atoms with van der Waals surface area (Å²) >= 11 is 3.92. The number of hydrogen-bond donors (Lipinski definition) is 2. The van der Waals surface area contributed by atoms with Crippen molar-refractivity contribution in [1.29, 1.82) is 0 Å². The number of hydrogen-bond acceptors (Lipinski definition) is 5. The SMILES string of the molecule is CCC(CCCOC)NC1CC[C@H](C(=O)N2CCc3ccc(C(F)(F)F)cc3C2)C1.CCCS.COC. The van der Waals surface area contributed by atoms with Crippen LogP contribution in [-0.4, -0.2) is 63.1 Å². The number of nitrogens with zero attached hydrogens (tertiary/aromatic N) is 1. The van der Waals surface area contributed by atoms with Crippen LogP contribution in [0.5, 0.6) is 0 Å². The van der Waals surface area contributed by atoms with Gasteiger partial charge in [0, 0.05) is 59.0 Å². The van der Waals surface area contributed by atoms with Crippen molar-refractivity contribution in [2.45, 2.75) is 90.0 Å². The third-order valence-electron chi connectivity index (χ3n) is 6.73. The fourth-order valence-corrected chi connectivity index (χ4v) is 4.75. The molecule has 1 N–H and O–H groups in total. The van der Waals surface area contributed by atoms with Gasteiger partial charge in [-0.15, -0.1) is 0 Å². The van der Waals surface area contributed by atoms with Gasteiger partial charge in [0.2, 0.25) is 5.91 Å². The van der Waals surface area contributed by atoms with E-state index in [-0.39, 0.29) is 18.4 Å². The summed E-state index contributed by atoms with van der Waals surface area (Å²) in [5.41, 5.74) is 0.904. The molecule has 214 valence electrons. The average Bonchev–Trinajstić information content (AvgIpc) is 3.35. The minimum Gasteiger partial charge on any atom is -0.388 e. The Morgan fingerprint density at radius 2 is 1.86 bits per heavy atom. The van der Waals surface area contributed by atoms with Crippen molar-refractivity contribution in [2.24, 2.45) is 5.92 Å². The smallest absolute Gasteiger partial charge is 0.388 e. The maximum Gasteiger partial charge on any atom is 0.416 e. The molecule has 37 heavy (non-hydrogen) atoms. The molecular weight excluding hydrogens is 501 g/mol. The molecule has 1 fully saturated rings. The summed E-state index contributed by atoms with van der Waals surface area (Å²) in [4.78, 5) is 14.8. The monoisotopic (exact) mass is 548 g/mol. The van der Waals surface area contributed by atoms with Crippen molar-refractivity contribution >= 4 is 18.5 Å². The molecule has 0 spiro atoms. The molecule has 0 bridgehead atoms. The molecular formula is C28H47F3N2O3S. The van der Waals surface area contributed by atoms with Gasteiger partial charge >= 0.3 is 6.18 Å². The van der Waals surface area contributed by atoms with Crippen molar-refractivity contribution in [3.05, 3.63) is 34.9 Å². The third-order valence-corrected chi connectivity index (χ3v) is 7.18. The summed E-state index contributed by atoms with van der Waals surface area (Å²) in [7, 11) is 4.96. The van der Waals surface area contributed by atoms with Gasteiger partial charge in [-0.05, 0) is 80.4 Å². The highest BCUT2D eigenvalue weighted by Gasteiger charge is 2.35. The maximum absolute atomic E-state index is 13.1. The van der Waals surface area contributed by atoms with Crippen LogP contribution < -0.4 is 5.32 Å². The second-order valence-electron chi connectivity index (χ2n) is 9.74. The first-order valence-electron chi connectivity index (χ1n) is 13.4. The van der Waals surface area contributed by atoms with Gasteiger partial charge in [0.1, 0.15) is 0 Å². The fourth-order valence-electron chi connectivity index (χ4n) is 4.75. The van der Waals surface area contributed by atoms with Crippen molar-refractivity contribution in [1.82, 2.24) is 10.2 Å². The van der Waals surface area contributed by atoms with E-state index in [0.717, 1.165) is 62.5 Å². The highest BCUT2D eigenvalue weighted by Crippen LogP contribution is 2.34. The lowest BCUT2D eigenvalue weighted by Crippen LogP contribution is -2.40. The van der Waals surface area contributed by atoms with Gasteiger partial charge in [-0.2, -0.15) is 25.8 Å². The van der Waals surface area contributed by atoms with Crippen LogP contribution in [0.2, 0.25) is 0 Å². The van der Waals surface area contributed by atoms with E-state index in [2.05, 4.69) is 36.5 Å². The zero-order chi connectivity index (χ0) is 27.8. The van der Waals surface area contributed by atoms with Gasteiger partial charge in [0.25, 0.3) is 0 Å². The number of carbonyl (C=O) groups excluding carboxylic acids is 1. The lowest BCUT2D eigenvalue weighted by molar-refractivity contribution is -0.137. The molecule has 9 heteroatoms. The van der Waals surface area contributed by atoms with Crippen LogP contribution in [0.1, 0.15) is 75.5 Å². The molecule has 1 aliphatic heterocycles. The van der Waals surface area contributed by atoms with Crippen LogP contribution in [0.25, 0.3) is 0 Å². The molecule has 0 radical (unpaired) electrons. The van der Waals surface area contributed by atoms with Gasteiger partial charge in [-0.1, -0.05) is 19.9 Å². The molecule has 2 unspecified atom stereocenters. The highest BCUT2D eigenvalue weighted by molar-refractivity contribution is 7.80. The van der Waals surface area contributed by atoms with E-state index in [1.165, 1.54) is 12.5 Å². The van der Waals surface area contributed by atoms with Crippen LogP contribution in [0.4, 0.5) is 13.2 Å². The predicted molar refractivity (Wildman–Crippen MR) is 147 cm³/mol. The van der Waals surface area contributed by atoms with E-state index < -0.39 is 11.7 Å². The van der Waals surface area contributed by atoms with Gasteiger partial charge in [-0.25, -0.2) is 0 Å². The topological polar surface area (TPSA) is 50.8 Å². The summed E-state index contributed by atoms with van der Waals surface area (Å²) < 4.78 is 48.5. The molecule has 3 atom stereocenters. The van der Waals surface area contributed by atoms with E-state index in [1.807, 2.05) is 0 Å². The number of alkyl halides is 3. The minimum absolute atomic E-state index is 0.0358. The van der Waals surface area contributed by atoms with E-state index in [0.29, 0.717) is 30.6 Å². The van der Waals surface area contributed by atoms with Crippen LogP contribution in [0.15, 0.2) is 18.2 Å². The number of fused-ring (bicyclic) bond motifs is 1. The zero-order valence-electron chi connectivity index (χ0n) is 23.2. The van der Waals surface area contributed by atoms with Crippen molar-refractivity contribution < 1.29 is 27.4 Å². The van der Waals surface area contributed by atoms with E-state index in [1.54, 1.807) is 32.3 Å². The molecule has 1 aromatic rings. The van der Waals surface area contributed by atoms with Gasteiger partial charge < -0.3 is 19.7 Å². The Hall–Kier alpha value is -1.29. The van der Waals surface area contributed by atoms with Crippen molar-refractivity contribution in [3.63, 3.8) is 0 Å². The average molecular weight is 549 g/mol. The first-order chi connectivity index (χ1) is 17.6. The number of thiol groups is 1. The number of halogens is 3. The summed E-state index contributed by atoms with van der Waals surface area (Å²) in [6.07, 6.45) is 3.19. The molecule has 3 rings (SSSR count). The van der Waals surface area contributed by atoms with Crippen molar-refractivity contribution in [3.8, 4) is 0 Å². The van der Waals surface area contributed by atoms with E-state index in [4.69, 9.17) is 4.74 Å². The Bertz CT molecular complexity index is 778. The summed E-state index contributed by atoms with van der Waals surface area (Å²) in [6, 6.07) is 4.67. The van der Waals surface area contributed by atoms with Crippen molar-refractivity contribution in [2.75, 3.05) is 40.2 Å². The Kier molecular flexibility index (Phi) is 16.5. The fraction of sp³-hybridized carbons (Fsp3) is 0.750. The number of amides is 1. The molecule has 5 nitrogen and oxygen atoms in total. The Morgan fingerprint density at radius 1 is 1.19 bits per heavy atom. The molecule has 2 aliphatic rings.